The number of hydrogen-bond acceptors (Lipinski definition) is 6. The smallest absolute Gasteiger partial charge is 0.329 e. The minimum atomic E-state index is 0.0392. The number of methoxy groups -OCH3 is 1. The van der Waals surface area contributed by atoms with E-state index in [1.54, 1.807) is 13.3 Å². The average molecular weight is 488 g/mol. The molecule has 4 aromatic rings. The van der Waals surface area contributed by atoms with Gasteiger partial charge in [0.1, 0.15) is 0 Å². The van der Waals surface area contributed by atoms with Gasteiger partial charge in [0.2, 0.25) is 5.82 Å². The molecule has 188 valence electrons. The van der Waals surface area contributed by atoms with E-state index >= 15 is 0 Å². The van der Waals surface area contributed by atoms with Crippen LogP contribution in [0.5, 0.6) is 0 Å². The Morgan fingerprint density at radius 3 is 2.67 bits per heavy atom. The third-order valence-electron chi connectivity index (χ3n) is 7.23. The van der Waals surface area contributed by atoms with Crippen LogP contribution in [0.2, 0.25) is 0 Å². The first kappa shape index (κ1) is 24.1. The molecule has 1 fully saturated rings. The Labute approximate surface area is 210 Å². The van der Waals surface area contributed by atoms with Gasteiger partial charge >= 0.3 is 5.69 Å². The number of aromatic amines is 1. The summed E-state index contributed by atoms with van der Waals surface area (Å²) in [5.74, 6) is 0.557. The van der Waals surface area contributed by atoms with Gasteiger partial charge in [0.25, 0.3) is 0 Å². The first-order valence-electron chi connectivity index (χ1n) is 12.8. The summed E-state index contributed by atoms with van der Waals surface area (Å²) in [5.41, 5.74) is 5.11. The Bertz CT molecular complexity index is 1330. The highest BCUT2D eigenvalue weighted by Crippen LogP contribution is 2.31. The number of benzene rings is 1. The van der Waals surface area contributed by atoms with E-state index in [4.69, 9.17) is 4.74 Å². The Hall–Kier alpha value is -3.59. The molecule has 1 aliphatic rings. The predicted octanol–water partition coefficient (Wildman–Crippen LogP) is 4.41. The number of imidazole rings is 1. The van der Waals surface area contributed by atoms with Gasteiger partial charge in [-0.15, -0.1) is 10.2 Å². The monoisotopic (exact) mass is 487 g/mol. The van der Waals surface area contributed by atoms with E-state index in [1.165, 1.54) is 0 Å². The number of unbranched alkanes of at least 4 members (excludes halogenated alkanes) is 1. The summed E-state index contributed by atoms with van der Waals surface area (Å²) in [6, 6.07) is 10.1. The molecule has 1 aromatic carbocycles. The lowest BCUT2D eigenvalue weighted by Gasteiger charge is -2.30. The lowest BCUT2D eigenvalue weighted by atomic mass is 9.92. The molecule has 0 amide bonds. The van der Waals surface area contributed by atoms with E-state index in [-0.39, 0.29) is 17.8 Å². The Kier molecular flexibility index (Phi) is 7.36. The fraction of sp³-hybridized carbons (Fsp3) is 0.444. The van der Waals surface area contributed by atoms with Crippen LogP contribution in [0.25, 0.3) is 22.5 Å². The lowest BCUT2D eigenvalue weighted by molar-refractivity contribution is 0.0276. The fourth-order valence-electron chi connectivity index (χ4n) is 5.27. The number of nitrogens with zero attached hydrogens (tertiary/aromatic N) is 6. The molecule has 1 saturated carbocycles. The summed E-state index contributed by atoms with van der Waals surface area (Å²) in [7, 11) is 1.76. The second kappa shape index (κ2) is 11.0. The van der Waals surface area contributed by atoms with Crippen molar-refractivity contribution in [1.82, 2.24) is 34.7 Å². The van der Waals surface area contributed by atoms with Crippen molar-refractivity contribution in [3.05, 3.63) is 70.7 Å². The van der Waals surface area contributed by atoms with Gasteiger partial charge in [-0.25, -0.2) is 4.79 Å². The van der Waals surface area contributed by atoms with Crippen LogP contribution in [-0.2, 0) is 17.7 Å². The molecule has 0 aliphatic heterocycles. The topological polar surface area (TPSA) is 104 Å². The second-order valence-corrected chi connectivity index (χ2v) is 9.47. The highest BCUT2D eigenvalue weighted by Gasteiger charge is 2.29. The number of ether oxygens (including phenoxy) is 1. The van der Waals surface area contributed by atoms with Gasteiger partial charge in [-0.3, -0.25) is 14.1 Å². The summed E-state index contributed by atoms with van der Waals surface area (Å²) in [5, 5.41) is 14.2. The fourth-order valence-corrected chi connectivity index (χ4v) is 5.27. The third kappa shape index (κ3) is 4.88. The molecule has 0 saturated heterocycles. The first-order valence-corrected chi connectivity index (χ1v) is 12.8. The van der Waals surface area contributed by atoms with Crippen LogP contribution < -0.4 is 5.69 Å². The quantitative estimate of drug-likeness (QED) is 0.375. The molecular formula is C27H33N7O2. The highest BCUT2D eigenvalue weighted by molar-refractivity contribution is 5.69. The van der Waals surface area contributed by atoms with E-state index in [9.17, 15) is 4.79 Å². The van der Waals surface area contributed by atoms with Crippen molar-refractivity contribution in [2.75, 3.05) is 7.11 Å². The van der Waals surface area contributed by atoms with Crippen LogP contribution in [0.15, 0.2) is 53.7 Å². The van der Waals surface area contributed by atoms with Crippen molar-refractivity contribution >= 4 is 0 Å². The van der Waals surface area contributed by atoms with Crippen molar-refractivity contribution in [3.63, 3.8) is 0 Å². The number of aromatic nitrogens is 7. The van der Waals surface area contributed by atoms with Crippen LogP contribution in [0.3, 0.4) is 0 Å². The molecule has 0 bridgehead atoms. The van der Waals surface area contributed by atoms with E-state index < -0.39 is 0 Å². The zero-order valence-corrected chi connectivity index (χ0v) is 20.9. The van der Waals surface area contributed by atoms with E-state index in [0.29, 0.717) is 12.4 Å². The molecule has 9 heteroatoms. The maximum Gasteiger partial charge on any atom is 0.329 e. The molecule has 0 spiro atoms. The van der Waals surface area contributed by atoms with Crippen molar-refractivity contribution in [3.8, 4) is 22.5 Å². The molecule has 36 heavy (non-hydrogen) atoms. The van der Waals surface area contributed by atoms with Crippen molar-refractivity contribution in [2.45, 2.75) is 70.6 Å². The summed E-state index contributed by atoms with van der Waals surface area (Å²) in [6.07, 6.45) is 13.1. The maximum atomic E-state index is 13.8. The van der Waals surface area contributed by atoms with Crippen LogP contribution >= 0.6 is 0 Å². The number of pyridine rings is 1. The van der Waals surface area contributed by atoms with Gasteiger partial charge < -0.3 is 4.74 Å². The van der Waals surface area contributed by atoms with Crippen molar-refractivity contribution in [1.29, 1.82) is 0 Å². The van der Waals surface area contributed by atoms with Gasteiger partial charge in [0.05, 0.1) is 18.7 Å². The third-order valence-corrected chi connectivity index (χ3v) is 7.23. The highest BCUT2D eigenvalue weighted by atomic mass is 16.5. The number of hydrogen-bond donors (Lipinski definition) is 1. The first-order chi connectivity index (χ1) is 17.7. The molecule has 5 rings (SSSR count). The molecule has 1 aliphatic carbocycles. The summed E-state index contributed by atoms with van der Waals surface area (Å²) in [4.78, 5) is 18.2. The van der Waals surface area contributed by atoms with Gasteiger partial charge in [-0.05, 0) is 53.7 Å². The van der Waals surface area contributed by atoms with Crippen LogP contribution in [0.4, 0.5) is 0 Å². The SMILES string of the molecule is CCCCc1cn(C2CCCCC2OC)c(=O)n1Cc1cnccc1-c1ccc(-c2nn[nH]n2)cc1. The van der Waals surface area contributed by atoms with E-state index in [2.05, 4.69) is 38.7 Å². The molecular weight excluding hydrogens is 454 g/mol. The molecule has 3 heterocycles. The molecule has 1 N–H and O–H groups in total. The second-order valence-electron chi connectivity index (χ2n) is 9.47. The Balaban J connectivity index is 1.49. The van der Waals surface area contributed by atoms with E-state index in [1.807, 2.05) is 45.7 Å². The largest absolute Gasteiger partial charge is 0.379 e. The van der Waals surface area contributed by atoms with Crippen LogP contribution in [0.1, 0.15) is 62.7 Å². The number of rotatable bonds is 9. The molecule has 3 aromatic heterocycles. The normalized spacial score (nSPS) is 17.9. The van der Waals surface area contributed by atoms with Crippen LogP contribution in [-0.4, -0.2) is 48.0 Å². The Morgan fingerprint density at radius 1 is 1.11 bits per heavy atom. The predicted molar refractivity (Wildman–Crippen MR) is 138 cm³/mol. The van der Waals surface area contributed by atoms with Gasteiger partial charge in [-0.1, -0.05) is 50.5 Å². The molecule has 2 atom stereocenters. The van der Waals surface area contributed by atoms with Gasteiger partial charge in [0.15, 0.2) is 0 Å². The van der Waals surface area contributed by atoms with Gasteiger partial charge in [0, 0.05) is 37.0 Å². The number of H-pyrrole nitrogens is 1. The Morgan fingerprint density at radius 2 is 1.92 bits per heavy atom. The molecule has 9 nitrogen and oxygen atoms in total. The summed E-state index contributed by atoms with van der Waals surface area (Å²) in [6.45, 7) is 2.66. The molecule has 0 radical (unpaired) electrons. The minimum absolute atomic E-state index is 0.0392. The summed E-state index contributed by atoms with van der Waals surface area (Å²) >= 11 is 0. The summed E-state index contributed by atoms with van der Waals surface area (Å²) < 4.78 is 9.66. The average Bonchev–Trinajstić information content (AvgIpc) is 3.57. The van der Waals surface area contributed by atoms with E-state index in [0.717, 1.165) is 72.9 Å². The van der Waals surface area contributed by atoms with Crippen molar-refractivity contribution < 1.29 is 4.74 Å². The minimum Gasteiger partial charge on any atom is -0.379 e. The maximum absolute atomic E-state index is 13.8. The number of aryl methyl sites for hydroxylation is 1. The number of tetrazole rings is 1. The van der Waals surface area contributed by atoms with Crippen LogP contribution in [0, 0.1) is 0 Å². The van der Waals surface area contributed by atoms with Gasteiger partial charge in [-0.2, -0.15) is 5.21 Å². The molecule has 2 unspecified atom stereocenters. The number of nitrogens with one attached hydrogen (secondary N) is 1. The standard InChI is InChI=1S/C27H33N7O2/c1-3-4-7-22-18-34(24-8-5-6-9-25(24)36-2)27(35)33(22)17-21-16-28-15-14-23(21)19-10-12-20(13-11-19)26-29-31-32-30-26/h10-16,18,24-25H,3-9,17H2,1-2H3,(H,29,30,31,32). The van der Waals surface area contributed by atoms with Crippen molar-refractivity contribution in [2.24, 2.45) is 0 Å². The zero-order valence-electron chi connectivity index (χ0n) is 20.9. The lowest BCUT2D eigenvalue weighted by Crippen LogP contribution is -2.36. The zero-order chi connectivity index (χ0) is 24.9.